The minimum absolute atomic E-state index is 0.189. The van der Waals surface area contributed by atoms with Gasteiger partial charge in [0.2, 0.25) is 0 Å². The number of rotatable bonds is 6. The van der Waals surface area contributed by atoms with Crippen LogP contribution in [0.3, 0.4) is 0 Å². The largest absolute Gasteiger partial charge is 0.463 e. The van der Waals surface area contributed by atoms with Crippen LogP contribution in [0.1, 0.15) is 31.2 Å². The van der Waals surface area contributed by atoms with Crippen LogP contribution in [0.2, 0.25) is 5.02 Å². The molecule has 4 aromatic rings. The number of halogens is 1. The average Bonchev–Trinajstić information content (AvgIpc) is 3.48. The molecular weight excluding hydrogens is 530 g/mol. The van der Waals surface area contributed by atoms with E-state index >= 15 is 0 Å². The van der Waals surface area contributed by atoms with Crippen LogP contribution in [0.5, 0.6) is 0 Å². The molecule has 0 amide bonds. The van der Waals surface area contributed by atoms with Gasteiger partial charge in [0, 0.05) is 17.2 Å². The fourth-order valence-corrected chi connectivity index (χ4v) is 5.50. The number of hydrogen-bond donors (Lipinski definition) is 0. The molecule has 11 heteroatoms. The van der Waals surface area contributed by atoms with Crippen molar-refractivity contribution in [3.05, 3.63) is 118 Å². The molecule has 0 saturated heterocycles. The zero-order chi connectivity index (χ0) is 27.0. The van der Waals surface area contributed by atoms with Crippen molar-refractivity contribution in [3.63, 3.8) is 0 Å². The third-order valence-corrected chi connectivity index (χ3v) is 7.17. The molecule has 0 spiro atoms. The molecule has 1 atom stereocenters. The van der Waals surface area contributed by atoms with E-state index in [0.717, 1.165) is 16.9 Å². The summed E-state index contributed by atoms with van der Waals surface area (Å²) in [4.78, 5) is 42.5. The van der Waals surface area contributed by atoms with Gasteiger partial charge in [-0.3, -0.25) is 19.5 Å². The SMILES string of the molecule is CCOC(=O)C1=C(C)N=c2s/c(=C\c3ccc(-c4ccc(Cl)cc4[N+](=O)[O-])o3)c(=O)n2[C@H]1c1ccccc1. The van der Waals surface area contributed by atoms with Crippen molar-refractivity contribution < 1.29 is 18.9 Å². The van der Waals surface area contributed by atoms with E-state index in [2.05, 4.69) is 4.99 Å². The number of carbonyl (C=O) groups is 1. The molecule has 38 heavy (non-hydrogen) atoms. The number of thiazole rings is 1. The monoisotopic (exact) mass is 549 g/mol. The van der Waals surface area contributed by atoms with Gasteiger partial charge in [-0.15, -0.1) is 0 Å². The van der Waals surface area contributed by atoms with Crippen LogP contribution in [0.15, 0.2) is 86.1 Å². The number of furan rings is 1. The lowest BCUT2D eigenvalue weighted by atomic mass is 9.96. The topological polar surface area (TPSA) is 117 Å². The number of aromatic nitrogens is 1. The van der Waals surface area contributed by atoms with Crippen molar-refractivity contribution in [1.82, 2.24) is 4.57 Å². The fraction of sp³-hybridized carbons (Fsp3) is 0.148. The van der Waals surface area contributed by atoms with Gasteiger partial charge < -0.3 is 9.15 Å². The van der Waals surface area contributed by atoms with E-state index in [9.17, 15) is 19.7 Å². The van der Waals surface area contributed by atoms with E-state index < -0.39 is 16.9 Å². The van der Waals surface area contributed by atoms with Crippen LogP contribution < -0.4 is 14.9 Å². The molecular formula is C27H20ClN3O6S. The van der Waals surface area contributed by atoms with Crippen LogP contribution in [-0.4, -0.2) is 22.1 Å². The molecule has 5 rings (SSSR count). The Bertz CT molecular complexity index is 1780. The van der Waals surface area contributed by atoms with Gasteiger partial charge in [0.1, 0.15) is 11.5 Å². The van der Waals surface area contributed by atoms with E-state index in [0.29, 0.717) is 26.4 Å². The molecule has 0 fully saturated rings. The highest BCUT2D eigenvalue weighted by atomic mass is 35.5. The zero-order valence-electron chi connectivity index (χ0n) is 20.2. The van der Waals surface area contributed by atoms with Crippen molar-refractivity contribution in [2.45, 2.75) is 19.9 Å². The average molecular weight is 550 g/mol. The van der Waals surface area contributed by atoms with Crippen LogP contribution in [0.4, 0.5) is 5.69 Å². The van der Waals surface area contributed by atoms with E-state index in [4.69, 9.17) is 20.8 Å². The summed E-state index contributed by atoms with van der Waals surface area (Å²) in [5, 5.41) is 11.7. The predicted molar refractivity (Wildman–Crippen MR) is 143 cm³/mol. The Labute approximate surface area is 224 Å². The lowest BCUT2D eigenvalue weighted by Crippen LogP contribution is -2.39. The first kappa shape index (κ1) is 25.4. The highest BCUT2D eigenvalue weighted by Crippen LogP contribution is 2.34. The standard InChI is InChI=1S/C27H20ClN3O6S/c1-3-36-26(33)23-15(2)29-27-30(24(23)16-7-5-4-6-8-16)25(32)22(38-27)14-18-10-12-21(37-18)19-11-9-17(28)13-20(19)31(34)35/h4-14,24H,3H2,1-2H3/b22-14-/t24-/m0/s1. The summed E-state index contributed by atoms with van der Waals surface area (Å²) in [6.07, 6.45) is 1.56. The predicted octanol–water partition coefficient (Wildman–Crippen LogP) is 4.62. The van der Waals surface area contributed by atoms with Crippen LogP contribution >= 0.6 is 22.9 Å². The molecule has 0 aliphatic carbocycles. The highest BCUT2D eigenvalue weighted by molar-refractivity contribution is 7.07. The Morgan fingerprint density at radius 3 is 2.71 bits per heavy atom. The van der Waals surface area contributed by atoms with Crippen LogP contribution in [0.25, 0.3) is 17.4 Å². The molecule has 1 aliphatic rings. The number of carbonyl (C=O) groups excluding carboxylic acids is 1. The summed E-state index contributed by atoms with van der Waals surface area (Å²) in [5.41, 5.74) is 1.23. The molecule has 2 aromatic carbocycles. The third kappa shape index (κ3) is 4.59. The number of ether oxygens (including phenoxy) is 1. The number of nitro benzene ring substituents is 1. The number of benzene rings is 2. The van der Waals surface area contributed by atoms with Gasteiger partial charge in [0.05, 0.1) is 38.9 Å². The molecule has 9 nitrogen and oxygen atoms in total. The summed E-state index contributed by atoms with van der Waals surface area (Å²) in [7, 11) is 0. The minimum Gasteiger partial charge on any atom is -0.463 e. The van der Waals surface area contributed by atoms with E-state index in [1.807, 2.05) is 30.3 Å². The molecule has 192 valence electrons. The quantitative estimate of drug-likeness (QED) is 0.197. The van der Waals surface area contributed by atoms with Crippen molar-refractivity contribution in [2.75, 3.05) is 6.61 Å². The van der Waals surface area contributed by atoms with Crippen LogP contribution in [-0.2, 0) is 9.53 Å². The lowest BCUT2D eigenvalue weighted by Gasteiger charge is -2.24. The number of esters is 1. The first-order valence-corrected chi connectivity index (χ1v) is 12.8. The maximum atomic E-state index is 13.7. The fourth-order valence-electron chi connectivity index (χ4n) is 4.31. The number of fused-ring (bicyclic) bond motifs is 1. The Hall–Kier alpha value is -4.28. The maximum Gasteiger partial charge on any atom is 0.338 e. The molecule has 0 bridgehead atoms. The second-order valence-electron chi connectivity index (χ2n) is 8.33. The van der Waals surface area contributed by atoms with E-state index in [-0.39, 0.29) is 34.2 Å². The highest BCUT2D eigenvalue weighted by Gasteiger charge is 2.33. The lowest BCUT2D eigenvalue weighted by molar-refractivity contribution is -0.384. The molecule has 2 aromatic heterocycles. The van der Waals surface area contributed by atoms with Gasteiger partial charge in [-0.05, 0) is 43.7 Å². The summed E-state index contributed by atoms with van der Waals surface area (Å²) >= 11 is 7.08. The van der Waals surface area contributed by atoms with Gasteiger partial charge in [-0.25, -0.2) is 9.79 Å². The maximum absolute atomic E-state index is 13.7. The normalized spacial score (nSPS) is 15.2. The Balaban J connectivity index is 1.63. The first-order valence-electron chi connectivity index (χ1n) is 11.6. The molecule has 1 aliphatic heterocycles. The Kier molecular flexibility index (Phi) is 6.83. The Morgan fingerprint density at radius 2 is 2.00 bits per heavy atom. The van der Waals surface area contributed by atoms with Gasteiger partial charge in [-0.1, -0.05) is 53.3 Å². The van der Waals surface area contributed by atoms with Crippen molar-refractivity contribution in [2.24, 2.45) is 4.99 Å². The number of allylic oxidation sites excluding steroid dienone is 1. The number of nitro groups is 1. The number of nitrogens with zero attached hydrogens (tertiary/aromatic N) is 3. The first-order chi connectivity index (χ1) is 18.3. The molecule has 0 N–H and O–H groups in total. The van der Waals surface area contributed by atoms with Crippen molar-refractivity contribution in [3.8, 4) is 11.3 Å². The van der Waals surface area contributed by atoms with E-state index in [1.165, 1.54) is 22.8 Å². The minimum atomic E-state index is -0.711. The van der Waals surface area contributed by atoms with E-state index in [1.54, 1.807) is 32.1 Å². The summed E-state index contributed by atoms with van der Waals surface area (Å²) in [5.74, 6) is 0.0548. The van der Waals surface area contributed by atoms with Crippen molar-refractivity contribution >= 4 is 40.7 Å². The zero-order valence-corrected chi connectivity index (χ0v) is 21.8. The smallest absolute Gasteiger partial charge is 0.338 e. The summed E-state index contributed by atoms with van der Waals surface area (Å²) in [6, 6.07) is 16.0. The van der Waals surface area contributed by atoms with Crippen LogP contribution in [0, 0.1) is 10.1 Å². The third-order valence-electron chi connectivity index (χ3n) is 5.95. The van der Waals surface area contributed by atoms with Gasteiger partial charge in [-0.2, -0.15) is 0 Å². The molecule has 3 heterocycles. The van der Waals surface area contributed by atoms with Gasteiger partial charge in [0.15, 0.2) is 4.80 Å². The number of hydrogen-bond acceptors (Lipinski definition) is 8. The summed E-state index contributed by atoms with van der Waals surface area (Å²) < 4.78 is 13.0. The molecule has 0 radical (unpaired) electrons. The molecule has 0 unspecified atom stereocenters. The Morgan fingerprint density at radius 1 is 1.24 bits per heavy atom. The second-order valence-corrected chi connectivity index (χ2v) is 9.78. The van der Waals surface area contributed by atoms with Gasteiger partial charge in [0.25, 0.3) is 11.2 Å². The van der Waals surface area contributed by atoms with Crippen molar-refractivity contribution in [1.29, 1.82) is 0 Å². The second kappa shape index (κ2) is 10.2. The molecule has 0 saturated carbocycles. The summed E-state index contributed by atoms with van der Waals surface area (Å²) in [6.45, 7) is 3.63. The van der Waals surface area contributed by atoms with Gasteiger partial charge >= 0.3 is 5.97 Å².